The second-order valence-corrected chi connectivity index (χ2v) is 20.0. The van der Waals surface area contributed by atoms with E-state index in [2.05, 4.69) is 112 Å². The molecule has 4 aliphatic heterocycles. The van der Waals surface area contributed by atoms with Crippen molar-refractivity contribution in [2.45, 2.75) is 174 Å². The lowest BCUT2D eigenvalue weighted by Gasteiger charge is -2.35. The van der Waals surface area contributed by atoms with Gasteiger partial charge in [0.05, 0.1) is 6.04 Å². The molecule has 0 amide bonds. The Morgan fingerprint density at radius 3 is 1.04 bits per heavy atom. The Labute approximate surface area is 404 Å². The predicted octanol–water partition coefficient (Wildman–Crippen LogP) is 14.4. The van der Waals surface area contributed by atoms with E-state index in [4.69, 9.17) is 37.9 Å². The summed E-state index contributed by atoms with van der Waals surface area (Å²) in [6, 6.07) is 16.5. The van der Waals surface area contributed by atoms with Gasteiger partial charge in [-0.2, -0.15) is 4.57 Å². The molecule has 4 atom stereocenters. The van der Waals surface area contributed by atoms with Crippen LogP contribution >= 0.6 is 0 Å². The van der Waals surface area contributed by atoms with Crippen molar-refractivity contribution in [1.29, 1.82) is 0 Å². The van der Waals surface area contributed by atoms with E-state index in [-0.39, 0.29) is 56.9 Å². The van der Waals surface area contributed by atoms with E-state index >= 15 is 0 Å². The number of hydrogen-bond acceptors (Lipinski definition) is 8. The molecule has 8 bridgehead atoms. The number of rotatable bonds is 18. The van der Waals surface area contributed by atoms with Gasteiger partial charge in [0.2, 0.25) is 39.2 Å². The first-order valence-electron chi connectivity index (χ1n) is 26.3. The first kappa shape index (κ1) is 46.2. The van der Waals surface area contributed by atoms with Gasteiger partial charge in [0.1, 0.15) is 46.9 Å². The van der Waals surface area contributed by atoms with Gasteiger partial charge in [-0.3, -0.25) is 0 Å². The topological polar surface area (TPSA) is 82.7 Å². The zero-order valence-corrected chi connectivity index (χ0v) is 41.5. The lowest BCUT2D eigenvalue weighted by atomic mass is 9.76. The molecule has 68 heavy (non-hydrogen) atoms. The molecule has 0 saturated carbocycles. The van der Waals surface area contributed by atoms with Crippen LogP contribution in [0.2, 0.25) is 0 Å². The molecule has 5 heterocycles. The number of nitrogens with zero attached hydrogens (tertiary/aromatic N) is 2. The maximum atomic E-state index is 7.01. The molecular weight excluding hydrogens is 853 g/mol. The molecule has 1 aromatic heterocycles. The Bertz CT molecular complexity index is 2430. The highest BCUT2D eigenvalue weighted by atomic mass is 16.7. The molecule has 362 valence electrons. The van der Waals surface area contributed by atoms with E-state index in [0.29, 0.717) is 0 Å². The SMILES string of the molecule is CCCCCC1c2cc3c4cc2OCOc2cc5c(cc21)C(CCCCC)c1cc2c(c(-n6cc[n+](C(C)C)c6)c1OCO5)OCOc1cc(c(cc1C2CCCCC)C3CCCCC)OCO4. The van der Waals surface area contributed by atoms with Gasteiger partial charge in [-0.1, -0.05) is 105 Å². The Morgan fingerprint density at radius 1 is 0.426 bits per heavy atom. The normalized spacial score (nSPS) is 19.3. The molecule has 10 nitrogen and oxygen atoms in total. The van der Waals surface area contributed by atoms with Crippen molar-refractivity contribution in [3.63, 3.8) is 0 Å². The van der Waals surface area contributed by atoms with Crippen molar-refractivity contribution in [1.82, 2.24) is 4.57 Å². The summed E-state index contributed by atoms with van der Waals surface area (Å²) in [5, 5.41) is 0. The van der Waals surface area contributed by atoms with Crippen LogP contribution in [0.5, 0.6) is 46.0 Å². The van der Waals surface area contributed by atoms with E-state index in [9.17, 15) is 0 Å². The van der Waals surface area contributed by atoms with Crippen molar-refractivity contribution in [2.24, 2.45) is 0 Å². The van der Waals surface area contributed by atoms with Crippen molar-refractivity contribution >= 4 is 0 Å². The van der Waals surface area contributed by atoms with Gasteiger partial charge in [0.25, 0.3) is 0 Å². The third-order valence-electron chi connectivity index (χ3n) is 15.3. The van der Waals surface area contributed by atoms with Crippen LogP contribution in [0.15, 0.2) is 61.2 Å². The number of benzene rings is 4. The van der Waals surface area contributed by atoms with Crippen LogP contribution in [0.4, 0.5) is 0 Å². The smallest absolute Gasteiger partial charge is 0.249 e. The summed E-state index contributed by atoms with van der Waals surface area (Å²) in [6.45, 7) is 13.7. The fourth-order valence-electron chi connectivity index (χ4n) is 11.6. The van der Waals surface area contributed by atoms with Gasteiger partial charge >= 0.3 is 0 Å². The Hall–Kier alpha value is -5.51. The lowest BCUT2D eigenvalue weighted by molar-refractivity contribution is -0.715. The molecule has 0 fully saturated rings. The van der Waals surface area contributed by atoms with Crippen molar-refractivity contribution < 1.29 is 42.5 Å². The first-order chi connectivity index (χ1) is 33.4. The highest BCUT2D eigenvalue weighted by Gasteiger charge is 2.40. The lowest BCUT2D eigenvalue weighted by Crippen LogP contribution is -2.33. The molecule has 0 spiro atoms. The molecule has 5 aromatic rings. The van der Waals surface area contributed by atoms with E-state index < -0.39 is 0 Å². The second-order valence-electron chi connectivity index (χ2n) is 20.0. The third kappa shape index (κ3) is 8.85. The maximum Gasteiger partial charge on any atom is 0.249 e. The van der Waals surface area contributed by atoms with Crippen LogP contribution in [0.3, 0.4) is 0 Å². The van der Waals surface area contributed by atoms with E-state index in [1.807, 2.05) is 0 Å². The summed E-state index contributed by atoms with van der Waals surface area (Å²) in [6.07, 6.45) is 23.5. The zero-order chi connectivity index (χ0) is 46.7. The van der Waals surface area contributed by atoms with Crippen LogP contribution in [-0.4, -0.2) is 31.7 Å². The van der Waals surface area contributed by atoms with Gasteiger partial charge in [-0.15, -0.1) is 0 Å². The molecule has 0 radical (unpaired) electrons. The van der Waals surface area contributed by atoms with E-state index in [1.165, 1.54) is 33.4 Å². The molecule has 4 aromatic carbocycles. The fraction of sp³-hybridized carbons (Fsp3) is 0.534. The number of ether oxygens (including phenoxy) is 8. The summed E-state index contributed by atoms with van der Waals surface area (Å²) in [5.41, 5.74) is 10.3. The first-order valence-corrected chi connectivity index (χ1v) is 26.3. The van der Waals surface area contributed by atoms with Gasteiger partial charge in [-0.05, 0) is 63.8 Å². The summed E-state index contributed by atoms with van der Waals surface area (Å²) < 4.78 is 58.7. The average molecular weight is 926 g/mol. The zero-order valence-electron chi connectivity index (χ0n) is 41.5. The summed E-state index contributed by atoms with van der Waals surface area (Å²) >= 11 is 0. The van der Waals surface area contributed by atoms with Crippen molar-refractivity contribution in [3.8, 4) is 51.7 Å². The number of unbranched alkanes of at least 4 members (excludes halogenated alkanes) is 8. The standard InChI is InChI=1S/C58H73N2O8/c1-7-11-15-19-38-42-25-43-39(20-16-12-8-2)45-27-47-41(22-18-14-10-4)49-28-48-40(21-17-13-9-3)46-26-44(38)52-30-54(46)65-35-67-57(48)56(60-24-23-59(32-60)37(5)6)58(49)68-36-66-55(47)31-53(45)64-34-62-51(43)29-50(42)61-33-63-52/h23-32,37-41H,7-22,33-36H2,1-6H3/q+1. The summed E-state index contributed by atoms with van der Waals surface area (Å²) in [7, 11) is 0. The van der Waals surface area contributed by atoms with Crippen LogP contribution < -0.4 is 42.5 Å². The minimum absolute atomic E-state index is 0.00149. The molecule has 4 unspecified atom stereocenters. The molecule has 10 rings (SSSR count). The van der Waals surface area contributed by atoms with Gasteiger partial charge in [-0.25, -0.2) is 4.57 Å². The van der Waals surface area contributed by atoms with Crippen LogP contribution in [0.25, 0.3) is 5.69 Å². The fourth-order valence-corrected chi connectivity index (χ4v) is 11.6. The Balaban J connectivity index is 1.34. The minimum atomic E-state index is -0.0528. The monoisotopic (exact) mass is 926 g/mol. The maximum absolute atomic E-state index is 7.01. The van der Waals surface area contributed by atoms with Crippen molar-refractivity contribution in [2.75, 3.05) is 27.2 Å². The molecule has 10 heteroatoms. The molecule has 5 aliphatic rings. The third-order valence-corrected chi connectivity index (χ3v) is 15.3. The van der Waals surface area contributed by atoms with Gasteiger partial charge < -0.3 is 37.9 Å². The Kier molecular flexibility index (Phi) is 14.0. The number of imidazole rings is 1. The second kappa shape index (κ2) is 20.6. The molecule has 0 saturated heterocycles. The number of aromatic nitrogens is 2. The predicted molar refractivity (Wildman–Crippen MR) is 264 cm³/mol. The summed E-state index contributed by atoms with van der Waals surface area (Å²) in [4.78, 5) is 0. The van der Waals surface area contributed by atoms with Crippen molar-refractivity contribution in [3.05, 3.63) is 106 Å². The van der Waals surface area contributed by atoms with Gasteiger partial charge in [0.15, 0.2) is 11.5 Å². The van der Waals surface area contributed by atoms with E-state index in [0.717, 1.165) is 166 Å². The molecular formula is C58H73N2O8+. The van der Waals surface area contributed by atoms with Crippen LogP contribution in [0.1, 0.15) is 218 Å². The quantitative estimate of drug-likeness (QED) is 0.0635. The molecule has 0 N–H and O–H groups in total. The Morgan fingerprint density at radius 2 is 0.735 bits per heavy atom. The average Bonchev–Trinajstić information content (AvgIpc) is 3.82. The van der Waals surface area contributed by atoms with Crippen LogP contribution in [-0.2, 0) is 0 Å². The highest BCUT2D eigenvalue weighted by Crippen LogP contribution is 2.56. The minimum Gasteiger partial charge on any atom is -0.457 e. The molecule has 1 aliphatic carbocycles. The largest absolute Gasteiger partial charge is 0.457 e. The van der Waals surface area contributed by atoms with E-state index in [1.54, 1.807) is 0 Å². The highest BCUT2D eigenvalue weighted by molar-refractivity contribution is 5.70. The van der Waals surface area contributed by atoms with Gasteiger partial charge in [0, 0.05) is 86.4 Å². The summed E-state index contributed by atoms with van der Waals surface area (Å²) in [5.74, 6) is 6.28. The number of hydrogen-bond donors (Lipinski definition) is 0. The van der Waals surface area contributed by atoms with Crippen LogP contribution in [0, 0.1) is 0 Å².